The molecule has 0 bridgehead atoms. The van der Waals surface area contributed by atoms with Gasteiger partial charge >= 0.3 is 6.18 Å². The summed E-state index contributed by atoms with van der Waals surface area (Å²) >= 11 is 0. The summed E-state index contributed by atoms with van der Waals surface area (Å²) in [4.78, 5) is 0. The van der Waals surface area contributed by atoms with Gasteiger partial charge in [0.05, 0.1) is 5.56 Å². The summed E-state index contributed by atoms with van der Waals surface area (Å²) < 4.78 is 38.6. The molecule has 0 aromatic heterocycles. The van der Waals surface area contributed by atoms with Crippen molar-refractivity contribution in [3.63, 3.8) is 0 Å². The van der Waals surface area contributed by atoms with Gasteiger partial charge in [-0.15, -0.1) is 0 Å². The minimum Gasteiger partial charge on any atom is -0.310 e. The molecule has 0 radical (unpaired) electrons. The van der Waals surface area contributed by atoms with E-state index < -0.39 is 11.7 Å². The Balaban J connectivity index is 1.92. The Morgan fingerprint density at radius 1 is 1.10 bits per heavy atom. The zero-order valence-corrected chi connectivity index (χ0v) is 11.8. The first kappa shape index (κ1) is 15.4. The molecule has 0 heterocycles. The second-order valence-electron chi connectivity index (χ2n) is 5.66. The summed E-state index contributed by atoms with van der Waals surface area (Å²) in [5.74, 6) is 0.801. The van der Waals surface area contributed by atoms with Crippen LogP contribution in [0.2, 0.25) is 0 Å². The summed E-state index contributed by atoms with van der Waals surface area (Å²) in [5.41, 5.74) is -0.174. The van der Waals surface area contributed by atoms with Crippen molar-refractivity contribution < 1.29 is 13.2 Å². The normalized spacial score (nSPS) is 23.8. The van der Waals surface area contributed by atoms with Crippen molar-refractivity contribution in [2.45, 2.75) is 57.8 Å². The Kier molecular flexibility index (Phi) is 5.08. The zero-order valence-electron chi connectivity index (χ0n) is 11.8. The summed E-state index contributed by atoms with van der Waals surface area (Å²) in [5, 5.41) is 3.30. The first-order chi connectivity index (χ1) is 9.50. The molecular weight excluding hydrogens is 263 g/mol. The van der Waals surface area contributed by atoms with Crippen molar-refractivity contribution in [2.75, 3.05) is 0 Å². The third kappa shape index (κ3) is 3.98. The molecule has 1 aromatic rings. The summed E-state index contributed by atoms with van der Waals surface area (Å²) in [7, 11) is 0. The predicted octanol–water partition coefficient (Wildman–Crippen LogP) is 4.76. The number of alkyl halides is 3. The standard InChI is InChI=1S/C16H22F3N/c1-2-12-7-9-14(10-8-12)20-11-13-5-3-4-6-15(13)16(17,18)19/h3-6,12,14,20H,2,7-11H2,1H3. The summed E-state index contributed by atoms with van der Waals surface area (Å²) in [6.45, 7) is 2.51. The Morgan fingerprint density at radius 3 is 2.35 bits per heavy atom. The SMILES string of the molecule is CCC1CCC(NCc2ccccc2C(F)(F)F)CC1. The van der Waals surface area contributed by atoms with E-state index in [1.165, 1.54) is 25.3 Å². The number of nitrogens with one attached hydrogen (secondary N) is 1. The van der Waals surface area contributed by atoms with Crippen LogP contribution in [0.15, 0.2) is 24.3 Å². The quantitative estimate of drug-likeness (QED) is 0.840. The third-order valence-electron chi connectivity index (χ3n) is 4.33. The summed E-state index contributed by atoms with van der Waals surface area (Å²) in [6, 6.07) is 6.19. The van der Waals surface area contributed by atoms with E-state index in [0.717, 1.165) is 24.8 Å². The lowest BCUT2D eigenvalue weighted by molar-refractivity contribution is -0.138. The molecule has 1 aliphatic rings. The molecule has 0 amide bonds. The summed E-state index contributed by atoms with van der Waals surface area (Å²) in [6.07, 6.45) is 1.48. The van der Waals surface area contributed by atoms with Crippen LogP contribution in [0.25, 0.3) is 0 Å². The maximum Gasteiger partial charge on any atom is 0.416 e. The molecule has 112 valence electrons. The fourth-order valence-electron chi connectivity index (χ4n) is 2.98. The number of rotatable bonds is 4. The average Bonchev–Trinajstić information content (AvgIpc) is 2.45. The van der Waals surface area contributed by atoms with Crippen molar-refractivity contribution in [1.82, 2.24) is 5.32 Å². The molecule has 1 fully saturated rings. The highest BCUT2D eigenvalue weighted by atomic mass is 19.4. The van der Waals surface area contributed by atoms with Crippen molar-refractivity contribution in [3.8, 4) is 0 Å². The van der Waals surface area contributed by atoms with E-state index in [1.807, 2.05) is 0 Å². The zero-order chi connectivity index (χ0) is 14.6. The maximum atomic E-state index is 12.9. The van der Waals surface area contributed by atoms with Crippen LogP contribution >= 0.6 is 0 Å². The second kappa shape index (κ2) is 6.61. The maximum absolute atomic E-state index is 12.9. The Morgan fingerprint density at radius 2 is 1.75 bits per heavy atom. The van der Waals surface area contributed by atoms with Gasteiger partial charge in [-0.25, -0.2) is 0 Å². The van der Waals surface area contributed by atoms with E-state index in [1.54, 1.807) is 12.1 Å². The largest absolute Gasteiger partial charge is 0.416 e. The number of hydrogen-bond donors (Lipinski definition) is 1. The van der Waals surface area contributed by atoms with Crippen LogP contribution in [0.1, 0.15) is 50.2 Å². The van der Waals surface area contributed by atoms with Crippen LogP contribution in [0, 0.1) is 5.92 Å². The molecule has 0 spiro atoms. The van der Waals surface area contributed by atoms with E-state index in [0.29, 0.717) is 18.2 Å². The first-order valence-corrected chi connectivity index (χ1v) is 7.39. The van der Waals surface area contributed by atoms with Crippen LogP contribution in [0.3, 0.4) is 0 Å². The third-order valence-corrected chi connectivity index (χ3v) is 4.33. The van der Waals surface area contributed by atoms with Crippen LogP contribution in [0.4, 0.5) is 13.2 Å². The molecule has 1 aromatic carbocycles. The van der Waals surface area contributed by atoms with Crippen molar-refractivity contribution in [2.24, 2.45) is 5.92 Å². The highest BCUT2D eigenvalue weighted by Gasteiger charge is 2.32. The predicted molar refractivity (Wildman–Crippen MR) is 74.3 cm³/mol. The molecule has 0 aliphatic heterocycles. The minimum absolute atomic E-state index is 0.303. The molecule has 1 saturated carbocycles. The van der Waals surface area contributed by atoms with Crippen LogP contribution in [0.5, 0.6) is 0 Å². The smallest absolute Gasteiger partial charge is 0.310 e. The fourth-order valence-corrected chi connectivity index (χ4v) is 2.98. The molecule has 20 heavy (non-hydrogen) atoms. The fraction of sp³-hybridized carbons (Fsp3) is 0.625. The lowest BCUT2D eigenvalue weighted by atomic mass is 9.84. The Bertz CT molecular complexity index is 420. The molecule has 0 unspecified atom stereocenters. The topological polar surface area (TPSA) is 12.0 Å². The van der Waals surface area contributed by atoms with E-state index in [4.69, 9.17) is 0 Å². The first-order valence-electron chi connectivity index (χ1n) is 7.39. The Labute approximate surface area is 118 Å². The van der Waals surface area contributed by atoms with Crippen molar-refractivity contribution in [1.29, 1.82) is 0 Å². The molecule has 1 aliphatic carbocycles. The van der Waals surface area contributed by atoms with Gasteiger partial charge in [-0.3, -0.25) is 0 Å². The van der Waals surface area contributed by atoms with E-state index in [-0.39, 0.29) is 0 Å². The lowest BCUT2D eigenvalue weighted by Crippen LogP contribution is -2.33. The van der Waals surface area contributed by atoms with Gasteiger partial charge in [0, 0.05) is 12.6 Å². The Hall–Kier alpha value is -1.03. The van der Waals surface area contributed by atoms with Gasteiger partial charge in [0.25, 0.3) is 0 Å². The van der Waals surface area contributed by atoms with Crippen molar-refractivity contribution >= 4 is 0 Å². The van der Waals surface area contributed by atoms with Gasteiger partial charge in [-0.05, 0) is 43.2 Å². The molecule has 1 N–H and O–H groups in total. The molecular formula is C16H22F3N. The molecule has 1 nitrogen and oxygen atoms in total. The molecule has 4 heteroatoms. The molecule has 0 atom stereocenters. The second-order valence-corrected chi connectivity index (χ2v) is 5.66. The van der Waals surface area contributed by atoms with Crippen molar-refractivity contribution in [3.05, 3.63) is 35.4 Å². The van der Waals surface area contributed by atoms with E-state index >= 15 is 0 Å². The highest BCUT2D eigenvalue weighted by molar-refractivity contribution is 5.29. The van der Waals surface area contributed by atoms with Crippen LogP contribution in [-0.2, 0) is 12.7 Å². The van der Waals surface area contributed by atoms with Gasteiger partial charge in [0.15, 0.2) is 0 Å². The molecule has 2 rings (SSSR count). The van der Waals surface area contributed by atoms with Gasteiger partial charge in [0.1, 0.15) is 0 Å². The van der Waals surface area contributed by atoms with Gasteiger partial charge in [0.2, 0.25) is 0 Å². The lowest BCUT2D eigenvalue weighted by Gasteiger charge is -2.29. The van der Waals surface area contributed by atoms with Gasteiger partial charge in [-0.2, -0.15) is 13.2 Å². The number of hydrogen-bond acceptors (Lipinski definition) is 1. The van der Waals surface area contributed by atoms with E-state index in [9.17, 15) is 13.2 Å². The van der Waals surface area contributed by atoms with Gasteiger partial charge < -0.3 is 5.32 Å². The van der Waals surface area contributed by atoms with Crippen LogP contribution in [-0.4, -0.2) is 6.04 Å². The number of halogens is 3. The minimum atomic E-state index is -4.27. The number of benzene rings is 1. The van der Waals surface area contributed by atoms with Crippen LogP contribution < -0.4 is 5.32 Å². The molecule has 0 saturated heterocycles. The average molecular weight is 285 g/mol. The van der Waals surface area contributed by atoms with E-state index in [2.05, 4.69) is 12.2 Å². The monoisotopic (exact) mass is 285 g/mol. The highest BCUT2D eigenvalue weighted by Crippen LogP contribution is 2.32. The van der Waals surface area contributed by atoms with Gasteiger partial charge in [-0.1, -0.05) is 31.5 Å².